The van der Waals surface area contributed by atoms with Crippen LogP contribution in [0.15, 0.2) is 46.1 Å². The summed E-state index contributed by atoms with van der Waals surface area (Å²) in [7, 11) is -4.76. The molecule has 0 amide bonds. The molecule has 1 saturated heterocycles. The summed E-state index contributed by atoms with van der Waals surface area (Å²) >= 11 is 0. The van der Waals surface area contributed by atoms with Crippen LogP contribution >= 0.6 is 7.75 Å². The normalized spacial score (nSPS) is 21.6. The van der Waals surface area contributed by atoms with Gasteiger partial charge in [0.05, 0.1) is 19.8 Å². The molecule has 0 bridgehead atoms. The SMILES string of the molecule is COC(=O)[C@H](C)NP(=O)(OCC1O[C@@H](n2cc(C#C[Si](C)(C)C)c(=O)[nH]c2=O)CC1O)Oc1ccccc1. The first-order chi connectivity index (χ1) is 17.8. The number of esters is 1. The fourth-order valence-corrected chi connectivity index (χ4v) is 5.44. The molecule has 1 aliphatic heterocycles. The first kappa shape index (κ1) is 29.6. The molecular formula is C24H32N3O9PSi. The molecule has 3 rings (SSSR count). The quantitative estimate of drug-likeness (QED) is 0.177. The fraction of sp³-hybridized carbons (Fsp3) is 0.458. The highest BCUT2D eigenvalue weighted by molar-refractivity contribution is 7.52. The summed E-state index contributed by atoms with van der Waals surface area (Å²) in [5.41, 5.74) is 1.85. The third-order valence-corrected chi connectivity index (χ3v) is 7.86. The highest BCUT2D eigenvalue weighted by Crippen LogP contribution is 2.45. The number of ether oxygens (including phenoxy) is 2. The number of hydrogen-bond acceptors (Lipinski definition) is 9. The Bertz CT molecular complexity index is 1360. The molecule has 2 aromatic rings. The van der Waals surface area contributed by atoms with Gasteiger partial charge in [-0.2, -0.15) is 5.09 Å². The Morgan fingerprint density at radius 1 is 1.32 bits per heavy atom. The maximum Gasteiger partial charge on any atom is 0.459 e. The van der Waals surface area contributed by atoms with Crippen molar-refractivity contribution in [2.24, 2.45) is 0 Å². The smallest absolute Gasteiger partial charge is 0.459 e. The molecule has 1 fully saturated rings. The lowest BCUT2D eigenvalue weighted by molar-refractivity contribution is -0.142. The molecule has 1 aromatic heterocycles. The Morgan fingerprint density at radius 3 is 2.63 bits per heavy atom. The van der Waals surface area contributed by atoms with Crippen LogP contribution in [0.4, 0.5) is 0 Å². The number of aromatic amines is 1. The van der Waals surface area contributed by atoms with Crippen molar-refractivity contribution in [3.8, 4) is 17.2 Å². The van der Waals surface area contributed by atoms with Gasteiger partial charge in [0.25, 0.3) is 5.56 Å². The van der Waals surface area contributed by atoms with E-state index < -0.39 is 64.1 Å². The lowest BCUT2D eigenvalue weighted by Crippen LogP contribution is -2.36. The van der Waals surface area contributed by atoms with Gasteiger partial charge in [-0.25, -0.2) is 9.36 Å². The van der Waals surface area contributed by atoms with Crippen molar-refractivity contribution < 1.29 is 33.0 Å². The van der Waals surface area contributed by atoms with E-state index in [1.54, 1.807) is 30.3 Å². The predicted molar refractivity (Wildman–Crippen MR) is 141 cm³/mol. The van der Waals surface area contributed by atoms with Crippen molar-refractivity contribution >= 4 is 21.8 Å². The summed E-state index contributed by atoms with van der Waals surface area (Å²) in [6.07, 6.45) is -1.74. The molecule has 38 heavy (non-hydrogen) atoms. The van der Waals surface area contributed by atoms with Gasteiger partial charge in [-0.05, 0) is 19.1 Å². The Hall–Kier alpha value is -2.98. The topological polar surface area (TPSA) is 158 Å². The van der Waals surface area contributed by atoms with Gasteiger partial charge >= 0.3 is 19.4 Å². The molecule has 0 aliphatic carbocycles. The van der Waals surface area contributed by atoms with Crippen LogP contribution in [0, 0.1) is 11.5 Å². The molecule has 14 heteroatoms. The molecule has 0 saturated carbocycles. The van der Waals surface area contributed by atoms with E-state index in [2.05, 4.69) is 26.3 Å². The van der Waals surface area contributed by atoms with Gasteiger partial charge in [0.15, 0.2) is 0 Å². The Kier molecular flexibility index (Phi) is 9.53. The fourth-order valence-electron chi connectivity index (χ4n) is 3.43. The van der Waals surface area contributed by atoms with Gasteiger partial charge in [-0.3, -0.25) is 23.7 Å². The van der Waals surface area contributed by atoms with E-state index in [4.69, 9.17) is 13.8 Å². The minimum absolute atomic E-state index is 0.00327. The summed E-state index contributed by atoms with van der Waals surface area (Å²) < 4.78 is 36.3. The third-order valence-electron chi connectivity index (χ3n) is 5.34. The molecule has 0 radical (unpaired) electrons. The van der Waals surface area contributed by atoms with Crippen LogP contribution in [0.3, 0.4) is 0 Å². The first-order valence-electron chi connectivity index (χ1n) is 11.9. The molecule has 1 aromatic carbocycles. The first-order valence-corrected chi connectivity index (χ1v) is 16.9. The number of carbonyl (C=O) groups is 1. The van der Waals surface area contributed by atoms with E-state index in [9.17, 15) is 24.1 Å². The summed E-state index contributed by atoms with van der Waals surface area (Å²) in [6.45, 7) is 7.09. The number of nitrogens with zero attached hydrogens (tertiary/aromatic N) is 1. The zero-order valence-corrected chi connectivity index (χ0v) is 23.7. The molecule has 2 heterocycles. The van der Waals surface area contributed by atoms with E-state index in [0.717, 1.165) is 4.57 Å². The number of benzene rings is 1. The summed E-state index contributed by atoms with van der Waals surface area (Å²) in [4.78, 5) is 38.8. The lowest BCUT2D eigenvalue weighted by atomic mass is 10.2. The monoisotopic (exact) mass is 565 g/mol. The van der Waals surface area contributed by atoms with Crippen LogP contribution in [-0.4, -0.2) is 60.7 Å². The standard InChI is InChI=1S/C24H32N3O9PSi/c1-16(23(30)33-2)26-37(32,36-18-9-7-6-8-10-18)34-15-20-19(28)13-21(35-20)27-14-17(11-12-38(3,4)5)22(29)25-24(27)31/h6-10,14,16,19-21,28H,13,15H2,1-5H3,(H,26,32)(H,25,29,31)/t16-,19?,20?,21+,37?/m0/s1. The van der Waals surface area contributed by atoms with Gasteiger partial charge < -0.3 is 19.1 Å². The largest absolute Gasteiger partial charge is 0.468 e. The van der Waals surface area contributed by atoms with Gasteiger partial charge in [-0.1, -0.05) is 43.8 Å². The lowest BCUT2D eigenvalue weighted by Gasteiger charge is -2.24. The number of aliphatic hydroxyl groups excluding tert-OH is 1. The minimum Gasteiger partial charge on any atom is -0.468 e. The maximum absolute atomic E-state index is 13.5. The zero-order valence-electron chi connectivity index (χ0n) is 21.8. The van der Waals surface area contributed by atoms with Crippen LogP contribution < -0.4 is 20.9 Å². The molecule has 12 nitrogen and oxygen atoms in total. The van der Waals surface area contributed by atoms with Crippen molar-refractivity contribution in [1.29, 1.82) is 0 Å². The van der Waals surface area contributed by atoms with E-state index in [1.165, 1.54) is 20.2 Å². The van der Waals surface area contributed by atoms with Gasteiger partial charge in [0.2, 0.25) is 0 Å². The second-order valence-corrected chi connectivity index (χ2v) is 16.2. The van der Waals surface area contributed by atoms with Gasteiger partial charge in [0, 0.05) is 12.6 Å². The van der Waals surface area contributed by atoms with Crippen molar-refractivity contribution in [3.63, 3.8) is 0 Å². The third kappa shape index (κ3) is 8.01. The molecule has 0 spiro atoms. The van der Waals surface area contributed by atoms with Crippen molar-refractivity contribution in [2.45, 2.75) is 57.5 Å². The van der Waals surface area contributed by atoms with Crippen molar-refractivity contribution in [1.82, 2.24) is 14.6 Å². The maximum atomic E-state index is 13.5. The van der Waals surface area contributed by atoms with E-state index in [1.807, 2.05) is 19.6 Å². The molecule has 206 valence electrons. The molecule has 3 N–H and O–H groups in total. The van der Waals surface area contributed by atoms with Crippen LogP contribution in [0.25, 0.3) is 0 Å². The Balaban J connectivity index is 1.78. The Morgan fingerprint density at radius 2 is 2.00 bits per heavy atom. The van der Waals surface area contributed by atoms with Crippen LogP contribution in [0.2, 0.25) is 19.6 Å². The molecule has 5 atom stereocenters. The van der Waals surface area contributed by atoms with E-state index >= 15 is 0 Å². The Labute approximate surface area is 220 Å². The van der Waals surface area contributed by atoms with Gasteiger partial charge in [-0.15, -0.1) is 5.54 Å². The number of hydrogen-bond donors (Lipinski definition) is 3. The van der Waals surface area contributed by atoms with Crippen molar-refractivity contribution in [2.75, 3.05) is 13.7 Å². The molecule has 1 aliphatic rings. The van der Waals surface area contributed by atoms with Gasteiger partial charge in [0.1, 0.15) is 37.8 Å². The number of carbonyl (C=O) groups excluding carboxylic acids is 1. The number of rotatable bonds is 9. The second-order valence-electron chi connectivity index (χ2n) is 9.71. The van der Waals surface area contributed by atoms with Crippen LogP contribution in [0.1, 0.15) is 25.1 Å². The second kappa shape index (κ2) is 12.3. The summed E-state index contributed by atoms with van der Waals surface area (Å²) in [5, 5.41) is 13.1. The number of H-pyrrole nitrogens is 1. The van der Waals surface area contributed by atoms with Crippen LogP contribution in [-0.2, 0) is 23.4 Å². The highest BCUT2D eigenvalue weighted by atomic mass is 31.2. The minimum atomic E-state index is -4.16. The van der Waals surface area contributed by atoms with Crippen molar-refractivity contribution in [3.05, 3.63) is 62.9 Å². The molecule has 3 unspecified atom stereocenters. The average Bonchev–Trinajstić information content (AvgIpc) is 3.21. The number of aliphatic hydroxyl groups is 1. The van der Waals surface area contributed by atoms with E-state index in [0.29, 0.717) is 0 Å². The summed E-state index contributed by atoms with van der Waals surface area (Å²) in [5.74, 6) is 2.37. The zero-order chi connectivity index (χ0) is 28.1. The highest BCUT2D eigenvalue weighted by Gasteiger charge is 2.39. The molecular weight excluding hydrogens is 533 g/mol. The number of nitrogens with one attached hydrogen (secondary N) is 2. The average molecular weight is 566 g/mol. The predicted octanol–water partition coefficient (Wildman–Crippen LogP) is 1.77. The van der Waals surface area contributed by atoms with E-state index in [-0.39, 0.29) is 17.7 Å². The number of para-hydroxylation sites is 1. The number of methoxy groups -OCH3 is 1. The summed E-state index contributed by atoms with van der Waals surface area (Å²) in [6, 6.07) is 7.16. The van der Waals surface area contributed by atoms with Crippen LogP contribution in [0.5, 0.6) is 5.75 Å². The number of aromatic nitrogens is 2.